The van der Waals surface area contributed by atoms with Crippen LogP contribution in [0.25, 0.3) is 11.0 Å². The lowest BCUT2D eigenvalue weighted by Crippen LogP contribution is -2.23. The normalized spacial score (nSPS) is 10.7. The lowest BCUT2D eigenvalue weighted by molar-refractivity contribution is 0.0951. The summed E-state index contributed by atoms with van der Waals surface area (Å²) in [6, 6.07) is 11.8. The van der Waals surface area contributed by atoms with Gasteiger partial charge in [-0.1, -0.05) is 23.7 Å². The molecule has 116 valence electrons. The molecule has 1 aromatic heterocycles. The van der Waals surface area contributed by atoms with Gasteiger partial charge < -0.3 is 9.73 Å². The lowest BCUT2D eigenvalue weighted by Gasteiger charge is -2.08. The van der Waals surface area contributed by atoms with Crippen LogP contribution < -0.4 is 10.9 Å². The van der Waals surface area contributed by atoms with Gasteiger partial charge in [0.2, 0.25) is 0 Å². The molecule has 2 aromatic carbocycles. The zero-order chi connectivity index (χ0) is 16.4. The summed E-state index contributed by atoms with van der Waals surface area (Å²) in [5, 5.41) is 3.59. The highest BCUT2D eigenvalue weighted by Crippen LogP contribution is 2.19. The van der Waals surface area contributed by atoms with E-state index in [4.69, 9.17) is 16.0 Å². The highest BCUT2D eigenvalue weighted by molar-refractivity contribution is 6.33. The van der Waals surface area contributed by atoms with Crippen LogP contribution in [0.3, 0.4) is 0 Å². The van der Waals surface area contributed by atoms with E-state index in [-0.39, 0.29) is 18.0 Å². The van der Waals surface area contributed by atoms with Gasteiger partial charge in [-0.05, 0) is 29.8 Å². The second kappa shape index (κ2) is 6.22. The van der Waals surface area contributed by atoms with Crippen LogP contribution in [0.15, 0.2) is 57.7 Å². The highest BCUT2D eigenvalue weighted by atomic mass is 35.5. The van der Waals surface area contributed by atoms with Gasteiger partial charge >= 0.3 is 5.63 Å². The highest BCUT2D eigenvalue weighted by Gasteiger charge is 2.11. The summed E-state index contributed by atoms with van der Waals surface area (Å²) in [4.78, 5) is 23.7. The first-order valence-corrected chi connectivity index (χ1v) is 7.17. The van der Waals surface area contributed by atoms with Crippen molar-refractivity contribution in [1.82, 2.24) is 5.32 Å². The Morgan fingerprint density at radius 3 is 2.74 bits per heavy atom. The van der Waals surface area contributed by atoms with E-state index >= 15 is 0 Å². The molecule has 4 nitrogen and oxygen atoms in total. The number of halogens is 2. The first-order valence-electron chi connectivity index (χ1n) is 6.79. The molecule has 1 heterocycles. The quantitative estimate of drug-likeness (QED) is 0.747. The number of benzene rings is 2. The number of carbonyl (C=O) groups excluding carboxylic acids is 1. The van der Waals surface area contributed by atoms with Crippen molar-refractivity contribution >= 4 is 28.5 Å². The zero-order valence-corrected chi connectivity index (χ0v) is 12.6. The summed E-state index contributed by atoms with van der Waals surface area (Å²) < 4.78 is 18.2. The summed E-state index contributed by atoms with van der Waals surface area (Å²) >= 11 is 5.97. The molecule has 3 aromatic rings. The van der Waals surface area contributed by atoms with Crippen molar-refractivity contribution in [2.24, 2.45) is 0 Å². The van der Waals surface area contributed by atoms with E-state index in [0.717, 1.165) is 6.07 Å². The molecule has 0 radical (unpaired) electrons. The largest absolute Gasteiger partial charge is 0.423 e. The van der Waals surface area contributed by atoms with Crippen molar-refractivity contribution in [1.29, 1.82) is 0 Å². The van der Waals surface area contributed by atoms with Crippen LogP contribution in [0.5, 0.6) is 0 Å². The third kappa shape index (κ3) is 3.24. The van der Waals surface area contributed by atoms with Crippen LogP contribution in [0.1, 0.15) is 15.9 Å². The minimum absolute atomic E-state index is 0.0950. The van der Waals surface area contributed by atoms with Gasteiger partial charge in [0.1, 0.15) is 11.4 Å². The van der Waals surface area contributed by atoms with Gasteiger partial charge in [0.25, 0.3) is 5.91 Å². The third-order valence-corrected chi connectivity index (χ3v) is 3.68. The summed E-state index contributed by atoms with van der Waals surface area (Å²) in [7, 11) is 0. The molecule has 3 rings (SSSR count). The smallest absolute Gasteiger partial charge is 0.336 e. The number of amides is 1. The summed E-state index contributed by atoms with van der Waals surface area (Å²) in [6.45, 7) is 0.0950. The fourth-order valence-corrected chi connectivity index (χ4v) is 2.49. The molecule has 0 saturated heterocycles. The second-order valence-electron chi connectivity index (χ2n) is 4.89. The summed E-state index contributed by atoms with van der Waals surface area (Å²) in [5.41, 5.74) is 0.411. The molecule has 23 heavy (non-hydrogen) atoms. The second-order valence-corrected chi connectivity index (χ2v) is 5.30. The van der Waals surface area contributed by atoms with E-state index in [9.17, 15) is 14.0 Å². The van der Waals surface area contributed by atoms with Crippen LogP contribution >= 0.6 is 11.6 Å². The molecule has 0 spiro atoms. The van der Waals surface area contributed by atoms with Gasteiger partial charge in [-0.15, -0.1) is 0 Å². The number of carbonyl (C=O) groups is 1. The monoisotopic (exact) mass is 331 g/mol. The predicted octanol–water partition coefficient (Wildman–Crippen LogP) is 3.52. The molecule has 0 atom stereocenters. The average Bonchev–Trinajstić information content (AvgIpc) is 2.52. The molecular formula is C17H11ClFNO3. The van der Waals surface area contributed by atoms with Crippen LogP contribution in [0.2, 0.25) is 5.02 Å². The molecule has 0 aliphatic carbocycles. The molecule has 6 heteroatoms. The number of hydrogen-bond acceptors (Lipinski definition) is 3. The maximum Gasteiger partial charge on any atom is 0.336 e. The number of hydrogen-bond donors (Lipinski definition) is 1. The molecule has 0 aliphatic rings. The zero-order valence-electron chi connectivity index (χ0n) is 11.8. The topological polar surface area (TPSA) is 59.3 Å². The van der Waals surface area contributed by atoms with Crippen molar-refractivity contribution in [2.75, 3.05) is 0 Å². The van der Waals surface area contributed by atoms with E-state index in [0.29, 0.717) is 21.5 Å². The van der Waals surface area contributed by atoms with E-state index < -0.39 is 11.4 Å². The SMILES string of the molecule is O=C(NCc1cc(=O)oc2cc(F)ccc12)c1ccccc1Cl. The fraction of sp³-hybridized carbons (Fsp3) is 0.0588. The van der Waals surface area contributed by atoms with Gasteiger partial charge in [-0.2, -0.15) is 0 Å². The van der Waals surface area contributed by atoms with E-state index in [2.05, 4.69) is 5.32 Å². The van der Waals surface area contributed by atoms with Gasteiger partial charge in [0, 0.05) is 24.1 Å². The van der Waals surface area contributed by atoms with Crippen molar-refractivity contribution in [3.8, 4) is 0 Å². The van der Waals surface area contributed by atoms with Crippen molar-refractivity contribution < 1.29 is 13.6 Å². The van der Waals surface area contributed by atoms with Crippen LogP contribution in [0.4, 0.5) is 4.39 Å². The summed E-state index contributed by atoms with van der Waals surface area (Å²) in [6.07, 6.45) is 0. The van der Waals surface area contributed by atoms with E-state index in [1.807, 2.05) is 0 Å². The molecule has 0 aliphatic heterocycles. The first-order chi connectivity index (χ1) is 11.0. The molecule has 1 N–H and O–H groups in total. The minimum Gasteiger partial charge on any atom is -0.423 e. The molecular weight excluding hydrogens is 321 g/mol. The van der Waals surface area contributed by atoms with Crippen molar-refractivity contribution in [3.05, 3.63) is 80.9 Å². The van der Waals surface area contributed by atoms with Crippen molar-refractivity contribution in [2.45, 2.75) is 6.54 Å². The summed E-state index contributed by atoms with van der Waals surface area (Å²) in [5.74, 6) is -0.864. The minimum atomic E-state index is -0.606. The standard InChI is InChI=1S/C17H11ClFNO3/c18-14-4-2-1-3-13(14)17(22)20-9-10-7-16(21)23-15-8-11(19)5-6-12(10)15/h1-8H,9H2,(H,20,22). The Morgan fingerprint density at radius 2 is 1.96 bits per heavy atom. The number of nitrogens with one attached hydrogen (secondary N) is 1. The Bertz CT molecular complexity index is 952. The Hall–Kier alpha value is -2.66. The maximum absolute atomic E-state index is 13.2. The Morgan fingerprint density at radius 1 is 1.17 bits per heavy atom. The van der Waals surface area contributed by atoms with Crippen LogP contribution in [0, 0.1) is 5.82 Å². The maximum atomic E-state index is 13.2. The van der Waals surface area contributed by atoms with Gasteiger partial charge in [-0.3, -0.25) is 4.79 Å². The Balaban J connectivity index is 1.89. The van der Waals surface area contributed by atoms with Gasteiger partial charge in [-0.25, -0.2) is 9.18 Å². The Kier molecular flexibility index (Phi) is 4.12. The van der Waals surface area contributed by atoms with Gasteiger partial charge in [0.15, 0.2) is 0 Å². The number of rotatable bonds is 3. The molecule has 0 saturated carbocycles. The average molecular weight is 332 g/mol. The Labute approximate surface area is 135 Å². The molecule has 0 bridgehead atoms. The lowest BCUT2D eigenvalue weighted by atomic mass is 10.1. The van der Waals surface area contributed by atoms with Gasteiger partial charge in [0.05, 0.1) is 10.6 Å². The molecule has 1 amide bonds. The van der Waals surface area contributed by atoms with E-state index in [1.165, 1.54) is 18.2 Å². The third-order valence-electron chi connectivity index (χ3n) is 3.35. The van der Waals surface area contributed by atoms with Crippen LogP contribution in [-0.4, -0.2) is 5.91 Å². The molecule has 0 fully saturated rings. The van der Waals surface area contributed by atoms with Crippen molar-refractivity contribution in [3.63, 3.8) is 0 Å². The predicted molar refractivity (Wildman–Crippen MR) is 85.1 cm³/mol. The fourth-order valence-electron chi connectivity index (χ4n) is 2.27. The molecule has 0 unspecified atom stereocenters. The first kappa shape index (κ1) is 15.2. The van der Waals surface area contributed by atoms with Crippen LogP contribution in [-0.2, 0) is 6.54 Å². The van der Waals surface area contributed by atoms with E-state index in [1.54, 1.807) is 24.3 Å². The number of fused-ring (bicyclic) bond motifs is 1.